The number of rotatable bonds is 11. The molecule has 2 aromatic carbocycles. The Morgan fingerprint density at radius 1 is 0.967 bits per heavy atom. The van der Waals surface area contributed by atoms with Gasteiger partial charge >= 0.3 is 5.97 Å². The van der Waals surface area contributed by atoms with Crippen LogP contribution in [-0.4, -0.2) is 31.5 Å². The number of benzene rings is 2. The van der Waals surface area contributed by atoms with Gasteiger partial charge in [-0.3, -0.25) is 0 Å². The van der Waals surface area contributed by atoms with Crippen LogP contribution in [0.5, 0.6) is 28.7 Å². The van der Waals surface area contributed by atoms with Gasteiger partial charge in [-0.1, -0.05) is 39.5 Å². The zero-order valence-corrected chi connectivity index (χ0v) is 17.4. The highest BCUT2D eigenvalue weighted by atomic mass is 16.5. The topological polar surface area (TPSA) is 127 Å². The van der Waals surface area contributed by atoms with Crippen molar-refractivity contribution in [2.45, 2.75) is 64.9 Å². The quantitative estimate of drug-likeness (QED) is 0.315. The van der Waals surface area contributed by atoms with Gasteiger partial charge in [0.15, 0.2) is 11.5 Å². The molecule has 0 fully saturated rings. The maximum atomic E-state index is 12.0. The maximum absolute atomic E-state index is 12.0. The summed E-state index contributed by atoms with van der Waals surface area (Å²) in [6, 6.07) is 4.93. The first kappa shape index (κ1) is 23.3. The highest BCUT2D eigenvalue weighted by molar-refractivity contribution is 5.93. The lowest BCUT2D eigenvalue weighted by Crippen LogP contribution is -2.10. The summed E-state index contributed by atoms with van der Waals surface area (Å²) in [4.78, 5) is 12.0. The predicted octanol–water partition coefficient (Wildman–Crippen LogP) is 5.25. The first-order valence-electron chi connectivity index (χ1n) is 10.3. The van der Waals surface area contributed by atoms with Crippen molar-refractivity contribution in [2.24, 2.45) is 0 Å². The number of aryl methyl sites for hydroxylation is 1. The molecule has 30 heavy (non-hydrogen) atoms. The molecule has 0 aliphatic heterocycles. The van der Waals surface area contributed by atoms with Gasteiger partial charge in [-0.2, -0.15) is 0 Å². The van der Waals surface area contributed by atoms with Gasteiger partial charge in [-0.25, -0.2) is 4.79 Å². The van der Waals surface area contributed by atoms with E-state index in [1.165, 1.54) is 12.1 Å². The lowest BCUT2D eigenvalue weighted by Gasteiger charge is -2.19. The Kier molecular flexibility index (Phi) is 8.35. The molecule has 0 saturated heterocycles. The van der Waals surface area contributed by atoms with Crippen molar-refractivity contribution in [3.8, 4) is 28.7 Å². The van der Waals surface area contributed by atoms with Crippen LogP contribution in [0.2, 0.25) is 0 Å². The van der Waals surface area contributed by atoms with Crippen LogP contribution in [0, 0.1) is 0 Å². The van der Waals surface area contributed by atoms with Crippen molar-refractivity contribution in [2.75, 3.05) is 0 Å². The fourth-order valence-electron chi connectivity index (χ4n) is 3.38. The monoisotopic (exact) mass is 418 g/mol. The van der Waals surface area contributed by atoms with Crippen LogP contribution in [0.15, 0.2) is 24.3 Å². The number of aromatic carboxylic acids is 1. The fraction of sp³-hybridized carbons (Fsp3) is 0.435. The van der Waals surface area contributed by atoms with Crippen molar-refractivity contribution in [1.82, 2.24) is 0 Å². The van der Waals surface area contributed by atoms with E-state index in [1.54, 1.807) is 0 Å². The molecule has 2 aromatic rings. The zero-order chi connectivity index (χ0) is 22.3. The minimum Gasteiger partial charge on any atom is -0.508 e. The number of phenols is 3. The van der Waals surface area contributed by atoms with Crippen LogP contribution in [0.3, 0.4) is 0 Å². The average molecular weight is 418 g/mol. The highest BCUT2D eigenvalue weighted by Gasteiger charge is 2.25. The molecule has 0 bridgehead atoms. The third kappa shape index (κ3) is 5.79. The largest absolute Gasteiger partial charge is 0.508 e. The summed E-state index contributed by atoms with van der Waals surface area (Å²) >= 11 is 0. The van der Waals surface area contributed by atoms with E-state index in [9.17, 15) is 30.3 Å². The Balaban J connectivity index is 2.52. The second-order valence-corrected chi connectivity index (χ2v) is 7.38. The van der Waals surface area contributed by atoms with Crippen LogP contribution < -0.4 is 4.74 Å². The minimum atomic E-state index is -1.32. The number of carboxylic acid groups (broad SMARTS) is 1. The molecule has 0 aliphatic carbocycles. The zero-order valence-electron chi connectivity index (χ0n) is 17.4. The SMILES string of the molecule is CCCCCc1cc(O)cc(O)c1Oc1cc(O)cc([C@@H](O)CCCC)c1C(=O)O. The molecule has 0 spiro atoms. The van der Waals surface area contributed by atoms with E-state index in [0.717, 1.165) is 37.8 Å². The third-order valence-electron chi connectivity index (χ3n) is 4.91. The van der Waals surface area contributed by atoms with Crippen LogP contribution in [0.25, 0.3) is 0 Å². The molecule has 7 heteroatoms. The Bertz CT molecular complexity index is 876. The van der Waals surface area contributed by atoms with Crippen LogP contribution in [0.4, 0.5) is 0 Å². The molecular weight excluding hydrogens is 388 g/mol. The Labute approximate surface area is 176 Å². The van der Waals surface area contributed by atoms with E-state index in [0.29, 0.717) is 24.8 Å². The lowest BCUT2D eigenvalue weighted by molar-refractivity contribution is 0.0684. The summed E-state index contributed by atoms with van der Waals surface area (Å²) in [5.41, 5.74) is 0.300. The maximum Gasteiger partial charge on any atom is 0.339 e. The molecule has 7 nitrogen and oxygen atoms in total. The number of phenolic OH excluding ortho intramolecular Hbond substituents is 3. The Morgan fingerprint density at radius 2 is 1.63 bits per heavy atom. The summed E-state index contributed by atoms with van der Waals surface area (Å²) in [5.74, 6) is -2.21. The van der Waals surface area contributed by atoms with Gasteiger partial charge in [0.25, 0.3) is 0 Å². The molecule has 0 aromatic heterocycles. The Hall–Kier alpha value is -2.93. The first-order valence-corrected chi connectivity index (χ1v) is 10.3. The highest BCUT2D eigenvalue weighted by Crippen LogP contribution is 2.42. The van der Waals surface area contributed by atoms with Crippen molar-refractivity contribution >= 4 is 5.97 Å². The second-order valence-electron chi connectivity index (χ2n) is 7.38. The standard InChI is InChI=1S/C23H30O7/c1-3-5-7-8-14-10-15(24)12-19(27)22(14)30-20-13-16(25)11-17(21(20)23(28)29)18(26)9-6-4-2/h10-13,18,24-27H,3-9H2,1-2H3,(H,28,29)/t18-/m0/s1. The summed E-state index contributed by atoms with van der Waals surface area (Å²) in [7, 11) is 0. The number of unbranched alkanes of at least 4 members (excludes halogenated alkanes) is 3. The first-order chi connectivity index (χ1) is 14.3. The van der Waals surface area contributed by atoms with Gasteiger partial charge in [-0.15, -0.1) is 0 Å². The van der Waals surface area contributed by atoms with E-state index in [4.69, 9.17) is 4.74 Å². The normalized spacial score (nSPS) is 12.0. The second kappa shape index (κ2) is 10.7. The van der Waals surface area contributed by atoms with E-state index in [1.807, 2.05) is 6.92 Å². The third-order valence-corrected chi connectivity index (χ3v) is 4.91. The van der Waals surface area contributed by atoms with Gasteiger partial charge < -0.3 is 30.3 Å². The fourth-order valence-corrected chi connectivity index (χ4v) is 3.38. The number of hydrogen-bond donors (Lipinski definition) is 5. The minimum absolute atomic E-state index is 0.0194. The number of carboxylic acids is 1. The molecule has 1 atom stereocenters. The summed E-state index contributed by atoms with van der Waals surface area (Å²) in [5, 5.41) is 50.5. The number of aliphatic hydroxyl groups excluding tert-OH is 1. The van der Waals surface area contributed by atoms with E-state index >= 15 is 0 Å². The van der Waals surface area contributed by atoms with Crippen molar-refractivity contribution < 1.29 is 35.1 Å². The molecule has 5 N–H and O–H groups in total. The van der Waals surface area contributed by atoms with E-state index < -0.39 is 12.1 Å². The van der Waals surface area contributed by atoms with E-state index in [-0.39, 0.29) is 39.9 Å². The summed E-state index contributed by atoms with van der Waals surface area (Å²) in [6.07, 6.45) is 4.00. The van der Waals surface area contributed by atoms with Crippen molar-refractivity contribution in [1.29, 1.82) is 0 Å². The number of ether oxygens (including phenoxy) is 1. The number of aromatic hydroxyl groups is 3. The van der Waals surface area contributed by atoms with Crippen molar-refractivity contribution in [3.63, 3.8) is 0 Å². The number of carbonyl (C=O) groups is 1. The Morgan fingerprint density at radius 3 is 2.27 bits per heavy atom. The lowest BCUT2D eigenvalue weighted by atomic mass is 9.97. The van der Waals surface area contributed by atoms with Crippen LogP contribution in [0.1, 0.15) is 80.0 Å². The number of hydrogen-bond acceptors (Lipinski definition) is 6. The molecule has 0 aliphatic rings. The average Bonchev–Trinajstić information content (AvgIpc) is 2.67. The molecule has 0 radical (unpaired) electrons. The smallest absolute Gasteiger partial charge is 0.339 e. The molecule has 0 heterocycles. The predicted molar refractivity (Wildman–Crippen MR) is 113 cm³/mol. The number of aliphatic hydroxyl groups is 1. The molecule has 164 valence electrons. The van der Waals surface area contributed by atoms with Crippen LogP contribution in [-0.2, 0) is 6.42 Å². The van der Waals surface area contributed by atoms with Gasteiger partial charge in [0.1, 0.15) is 22.8 Å². The van der Waals surface area contributed by atoms with Crippen LogP contribution >= 0.6 is 0 Å². The molecule has 0 amide bonds. The molecule has 2 rings (SSSR count). The summed E-state index contributed by atoms with van der Waals surface area (Å²) < 4.78 is 5.78. The van der Waals surface area contributed by atoms with E-state index in [2.05, 4.69) is 6.92 Å². The van der Waals surface area contributed by atoms with Gasteiger partial charge in [0.05, 0.1) is 6.10 Å². The molecular formula is C23H30O7. The molecule has 0 unspecified atom stereocenters. The van der Waals surface area contributed by atoms with Gasteiger partial charge in [0.2, 0.25) is 0 Å². The molecule has 0 saturated carbocycles. The van der Waals surface area contributed by atoms with Crippen molar-refractivity contribution in [3.05, 3.63) is 41.0 Å². The summed E-state index contributed by atoms with van der Waals surface area (Å²) in [6.45, 7) is 4.00. The van der Waals surface area contributed by atoms with Gasteiger partial charge in [-0.05, 0) is 31.4 Å². The van der Waals surface area contributed by atoms with Gasteiger partial charge in [0, 0.05) is 23.3 Å².